The summed E-state index contributed by atoms with van der Waals surface area (Å²) in [4.78, 5) is 4.40. The molecule has 3 rings (SSSR count). The number of rotatable bonds is 5. The third-order valence-electron chi connectivity index (χ3n) is 3.56. The fraction of sp³-hybridized carbons (Fsp3) is 0.250. The lowest BCUT2D eigenvalue weighted by molar-refractivity contribution is 0.174. The number of nitrogens with zero attached hydrogens (tertiary/aromatic N) is 3. The van der Waals surface area contributed by atoms with Crippen LogP contribution >= 0.6 is 11.6 Å². The van der Waals surface area contributed by atoms with Gasteiger partial charge in [0.2, 0.25) is 0 Å². The van der Waals surface area contributed by atoms with Crippen LogP contribution in [0, 0.1) is 0 Å². The first kappa shape index (κ1) is 15.0. The molecule has 1 unspecified atom stereocenters. The molecule has 0 saturated carbocycles. The van der Waals surface area contributed by atoms with Crippen LogP contribution in [0.1, 0.15) is 17.2 Å². The van der Waals surface area contributed by atoms with Crippen molar-refractivity contribution in [2.45, 2.75) is 12.6 Å². The van der Waals surface area contributed by atoms with Crippen molar-refractivity contribution < 1.29 is 5.11 Å². The van der Waals surface area contributed by atoms with E-state index in [1.165, 1.54) is 0 Å². The Labute approximate surface area is 133 Å². The number of aliphatic hydroxyl groups is 1. The standard InChI is InChI=1S/C16H17ClN4O/c1-21-10-12(8-20-21)15(22)9-18-7-11-4-5-14(17)13-3-2-6-19-16(11)13/h2-6,8,10,15,18,22H,7,9H2,1H3. The monoisotopic (exact) mass is 316 g/mol. The zero-order valence-electron chi connectivity index (χ0n) is 12.2. The van der Waals surface area contributed by atoms with Crippen LogP contribution in [0.25, 0.3) is 10.9 Å². The van der Waals surface area contributed by atoms with Gasteiger partial charge in [0, 0.05) is 48.5 Å². The molecule has 2 aromatic heterocycles. The number of pyridine rings is 1. The summed E-state index contributed by atoms with van der Waals surface area (Å²) in [5.74, 6) is 0. The molecule has 0 aliphatic carbocycles. The Bertz CT molecular complexity index is 787. The van der Waals surface area contributed by atoms with Crippen LogP contribution in [-0.2, 0) is 13.6 Å². The van der Waals surface area contributed by atoms with E-state index < -0.39 is 6.10 Å². The van der Waals surface area contributed by atoms with E-state index in [2.05, 4.69) is 15.4 Å². The molecular formula is C16H17ClN4O. The summed E-state index contributed by atoms with van der Waals surface area (Å²) < 4.78 is 1.68. The largest absolute Gasteiger partial charge is 0.387 e. The molecule has 0 bridgehead atoms. The lowest BCUT2D eigenvalue weighted by Crippen LogP contribution is -2.21. The van der Waals surface area contributed by atoms with Gasteiger partial charge in [0.25, 0.3) is 0 Å². The lowest BCUT2D eigenvalue weighted by atomic mass is 10.1. The normalized spacial score (nSPS) is 12.7. The zero-order valence-corrected chi connectivity index (χ0v) is 13.0. The molecule has 2 heterocycles. The van der Waals surface area contributed by atoms with Crippen molar-refractivity contribution in [1.82, 2.24) is 20.1 Å². The minimum absolute atomic E-state index is 0.447. The molecule has 0 spiro atoms. The molecule has 2 N–H and O–H groups in total. The van der Waals surface area contributed by atoms with Gasteiger partial charge in [0.1, 0.15) is 0 Å². The highest BCUT2D eigenvalue weighted by Crippen LogP contribution is 2.24. The van der Waals surface area contributed by atoms with E-state index in [0.717, 1.165) is 22.0 Å². The van der Waals surface area contributed by atoms with Crippen molar-refractivity contribution >= 4 is 22.5 Å². The van der Waals surface area contributed by atoms with Gasteiger partial charge in [0.05, 0.1) is 17.8 Å². The number of halogens is 1. The van der Waals surface area contributed by atoms with E-state index in [4.69, 9.17) is 11.6 Å². The van der Waals surface area contributed by atoms with E-state index >= 15 is 0 Å². The third-order valence-corrected chi connectivity index (χ3v) is 3.89. The summed E-state index contributed by atoms with van der Waals surface area (Å²) in [7, 11) is 1.83. The smallest absolute Gasteiger partial charge is 0.0944 e. The van der Waals surface area contributed by atoms with Gasteiger partial charge >= 0.3 is 0 Å². The highest BCUT2D eigenvalue weighted by Gasteiger charge is 2.10. The summed E-state index contributed by atoms with van der Waals surface area (Å²) in [5, 5.41) is 19.1. The summed E-state index contributed by atoms with van der Waals surface area (Å²) in [5.41, 5.74) is 2.74. The average molecular weight is 317 g/mol. The molecule has 1 aromatic carbocycles. The van der Waals surface area contributed by atoms with Crippen LogP contribution < -0.4 is 5.32 Å². The van der Waals surface area contributed by atoms with Gasteiger partial charge in [-0.1, -0.05) is 17.7 Å². The Morgan fingerprint density at radius 3 is 3.00 bits per heavy atom. The fourth-order valence-corrected chi connectivity index (χ4v) is 2.63. The predicted molar refractivity (Wildman–Crippen MR) is 86.6 cm³/mol. The molecule has 0 fully saturated rings. The van der Waals surface area contributed by atoms with Crippen LogP contribution in [0.15, 0.2) is 42.9 Å². The molecule has 114 valence electrons. The van der Waals surface area contributed by atoms with Crippen LogP contribution in [0.2, 0.25) is 5.02 Å². The number of benzene rings is 1. The van der Waals surface area contributed by atoms with Crippen molar-refractivity contribution in [2.24, 2.45) is 7.05 Å². The highest BCUT2D eigenvalue weighted by molar-refractivity contribution is 6.35. The van der Waals surface area contributed by atoms with Gasteiger partial charge in [-0.05, 0) is 23.8 Å². The molecule has 0 amide bonds. The molecule has 22 heavy (non-hydrogen) atoms. The molecule has 6 heteroatoms. The molecule has 5 nitrogen and oxygen atoms in total. The van der Waals surface area contributed by atoms with E-state index in [9.17, 15) is 5.11 Å². The summed E-state index contributed by atoms with van der Waals surface area (Å²) in [6.07, 6.45) is 4.66. The van der Waals surface area contributed by atoms with E-state index in [1.807, 2.05) is 37.5 Å². The first-order valence-electron chi connectivity index (χ1n) is 7.04. The van der Waals surface area contributed by atoms with Gasteiger partial charge in [-0.25, -0.2) is 0 Å². The van der Waals surface area contributed by atoms with Crippen LogP contribution in [0.4, 0.5) is 0 Å². The van der Waals surface area contributed by atoms with Crippen LogP contribution in [0.5, 0.6) is 0 Å². The molecule has 0 radical (unpaired) electrons. The van der Waals surface area contributed by atoms with Gasteiger partial charge in [-0.15, -0.1) is 0 Å². The SMILES string of the molecule is Cn1cc(C(O)CNCc2ccc(Cl)c3cccnc23)cn1. The van der Waals surface area contributed by atoms with Crippen molar-refractivity contribution in [2.75, 3.05) is 6.54 Å². The van der Waals surface area contributed by atoms with Gasteiger partial charge in [0.15, 0.2) is 0 Å². The minimum Gasteiger partial charge on any atom is -0.387 e. The van der Waals surface area contributed by atoms with Crippen molar-refractivity contribution in [3.63, 3.8) is 0 Å². The molecule has 0 aliphatic rings. The highest BCUT2D eigenvalue weighted by atomic mass is 35.5. The molecule has 0 saturated heterocycles. The topological polar surface area (TPSA) is 63.0 Å². The van der Waals surface area contributed by atoms with Crippen molar-refractivity contribution in [1.29, 1.82) is 0 Å². The molecule has 3 aromatic rings. The number of nitrogens with one attached hydrogen (secondary N) is 1. The van der Waals surface area contributed by atoms with E-state index in [0.29, 0.717) is 18.1 Å². The van der Waals surface area contributed by atoms with Crippen molar-refractivity contribution in [3.05, 3.63) is 59.0 Å². The maximum atomic E-state index is 10.1. The van der Waals surface area contributed by atoms with Crippen LogP contribution in [0.3, 0.4) is 0 Å². The Hall–Kier alpha value is -1.95. The lowest BCUT2D eigenvalue weighted by Gasteiger charge is -2.11. The first-order valence-corrected chi connectivity index (χ1v) is 7.42. The van der Waals surface area contributed by atoms with Crippen molar-refractivity contribution in [3.8, 4) is 0 Å². The second-order valence-electron chi connectivity index (χ2n) is 5.20. The maximum Gasteiger partial charge on any atom is 0.0944 e. The minimum atomic E-state index is -0.583. The average Bonchev–Trinajstić information content (AvgIpc) is 2.96. The fourth-order valence-electron chi connectivity index (χ4n) is 2.41. The number of hydrogen-bond acceptors (Lipinski definition) is 4. The zero-order chi connectivity index (χ0) is 15.5. The second-order valence-corrected chi connectivity index (χ2v) is 5.61. The third kappa shape index (κ3) is 3.11. The summed E-state index contributed by atoms with van der Waals surface area (Å²) in [6.45, 7) is 1.06. The maximum absolute atomic E-state index is 10.1. The Morgan fingerprint density at radius 1 is 1.36 bits per heavy atom. The van der Waals surface area contributed by atoms with Crippen LogP contribution in [-0.4, -0.2) is 26.4 Å². The van der Waals surface area contributed by atoms with Gasteiger partial charge < -0.3 is 10.4 Å². The second kappa shape index (κ2) is 6.44. The van der Waals surface area contributed by atoms with E-state index in [-0.39, 0.29) is 0 Å². The Kier molecular flexibility index (Phi) is 4.38. The molecular weight excluding hydrogens is 300 g/mol. The number of hydrogen-bond donors (Lipinski definition) is 2. The number of aromatic nitrogens is 3. The predicted octanol–water partition coefficient (Wildman–Crippen LogP) is 2.44. The number of fused-ring (bicyclic) bond motifs is 1. The first-order chi connectivity index (χ1) is 10.6. The number of aliphatic hydroxyl groups excluding tert-OH is 1. The molecule has 1 atom stereocenters. The quantitative estimate of drug-likeness (QED) is 0.759. The Balaban J connectivity index is 1.68. The Morgan fingerprint density at radius 2 is 2.23 bits per heavy atom. The summed E-state index contributed by atoms with van der Waals surface area (Å²) >= 11 is 6.19. The van der Waals surface area contributed by atoms with E-state index in [1.54, 1.807) is 17.1 Å². The summed E-state index contributed by atoms with van der Waals surface area (Å²) in [6, 6.07) is 7.66. The van der Waals surface area contributed by atoms with Gasteiger partial charge in [-0.3, -0.25) is 9.67 Å². The van der Waals surface area contributed by atoms with Gasteiger partial charge in [-0.2, -0.15) is 5.10 Å². The number of aryl methyl sites for hydroxylation is 1. The molecule has 0 aliphatic heterocycles.